The second kappa shape index (κ2) is 5.23. The number of hydrogen-bond acceptors (Lipinski definition) is 6. The third kappa shape index (κ3) is 3.13. The van der Waals surface area contributed by atoms with Gasteiger partial charge in [-0.2, -0.15) is 0 Å². The SMILES string of the molecule is CN(C)NC(=O)c1ccc(NN)c([N+](=O)[O-])c1. The van der Waals surface area contributed by atoms with Crippen LogP contribution in [0.1, 0.15) is 10.4 Å². The van der Waals surface area contributed by atoms with Crippen LogP contribution in [0.2, 0.25) is 0 Å². The number of hydrogen-bond donors (Lipinski definition) is 3. The Morgan fingerprint density at radius 1 is 1.47 bits per heavy atom. The van der Waals surface area contributed by atoms with Gasteiger partial charge in [0.2, 0.25) is 0 Å². The van der Waals surface area contributed by atoms with Gasteiger partial charge in [0, 0.05) is 25.7 Å². The first-order chi connectivity index (χ1) is 7.95. The van der Waals surface area contributed by atoms with Crippen LogP contribution in [0.4, 0.5) is 11.4 Å². The summed E-state index contributed by atoms with van der Waals surface area (Å²) < 4.78 is 0. The highest BCUT2D eigenvalue weighted by Crippen LogP contribution is 2.24. The molecule has 17 heavy (non-hydrogen) atoms. The summed E-state index contributed by atoms with van der Waals surface area (Å²) in [6, 6.07) is 3.98. The second-order valence-corrected chi connectivity index (χ2v) is 3.47. The van der Waals surface area contributed by atoms with Crippen LogP contribution >= 0.6 is 0 Å². The summed E-state index contributed by atoms with van der Waals surface area (Å²) in [6.45, 7) is 0. The lowest BCUT2D eigenvalue weighted by Crippen LogP contribution is -2.36. The van der Waals surface area contributed by atoms with Crippen molar-refractivity contribution in [2.24, 2.45) is 5.84 Å². The molecule has 0 aromatic heterocycles. The number of nitro groups is 1. The lowest BCUT2D eigenvalue weighted by Gasteiger charge is -2.12. The molecule has 0 fully saturated rings. The Morgan fingerprint density at radius 3 is 2.59 bits per heavy atom. The molecule has 0 saturated heterocycles. The summed E-state index contributed by atoms with van der Waals surface area (Å²) in [5.41, 5.74) is 4.77. The molecule has 0 bridgehead atoms. The molecule has 0 radical (unpaired) electrons. The van der Waals surface area contributed by atoms with E-state index >= 15 is 0 Å². The van der Waals surface area contributed by atoms with E-state index in [0.717, 1.165) is 6.07 Å². The Hall–Kier alpha value is -2.19. The van der Waals surface area contributed by atoms with E-state index < -0.39 is 10.8 Å². The molecule has 0 aliphatic heterocycles. The van der Waals surface area contributed by atoms with Crippen LogP contribution in [-0.4, -0.2) is 29.9 Å². The average molecular weight is 239 g/mol. The lowest BCUT2D eigenvalue weighted by molar-refractivity contribution is -0.384. The molecule has 0 spiro atoms. The van der Waals surface area contributed by atoms with Crippen molar-refractivity contribution in [2.45, 2.75) is 0 Å². The molecule has 0 heterocycles. The van der Waals surface area contributed by atoms with E-state index in [2.05, 4.69) is 10.9 Å². The smallest absolute Gasteiger partial charge is 0.294 e. The van der Waals surface area contributed by atoms with Gasteiger partial charge in [-0.3, -0.25) is 26.2 Å². The van der Waals surface area contributed by atoms with Gasteiger partial charge in [0.05, 0.1) is 4.92 Å². The normalized spacial score (nSPS) is 10.1. The average Bonchev–Trinajstić information content (AvgIpc) is 2.27. The zero-order valence-electron chi connectivity index (χ0n) is 9.43. The Kier molecular flexibility index (Phi) is 3.96. The molecule has 8 nitrogen and oxygen atoms in total. The van der Waals surface area contributed by atoms with E-state index in [1.165, 1.54) is 17.1 Å². The standard InChI is InChI=1S/C9H13N5O3/c1-13(2)12-9(15)6-3-4-7(11-10)8(5-6)14(16)17/h3-5,11H,10H2,1-2H3,(H,12,15). The first-order valence-corrected chi connectivity index (χ1v) is 4.69. The number of nitrogens with zero attached hydrogens (tertiary/aromatic N) is 2. The maximum Gasteiger partial charge on any atom is 0.294 e. The van der Waals surface area contributed by atoms with Gasteiger partial charge in [0.25, 0.3) is 11.6 Å². The summed E-state index contributed by atoms with van der Waals surface area (Å²) in [4.78, 5) is 21.7. The van der Waals surface area contributed by atoms with E-state index in [-0.39, 0.29) is 16.9 Å². The fourth-order valence-electron chi connectivity index (χ4n) is 1.21. The first kappa shape index (κ1) is 12.9. The van der Waals surface area contributed by atoms with Crippen molar-refractivity contribution in [2.75, 3.05) is 19.5 Å². The number of hydrazine groups is 2. The number of rotatable bonds is 4. The van der Waals surface area contributed by atoms with E-state index in [0.29, 0.717) is 0 Å². The van der Waals surface area contributed by atoms with E-state index in [1.54, 1.807) is 14.1 Å². The van der Waals surface area contributed by atoms with Crippen molar-refractivity contribution < 1.29 is 9.72 Å². The van der Waals surface area contributed by atoms with Crippen LogP contribution in [0.5, 0.6) is 0 Å². The largest absolute Gasteiger partial charge is 0.318 e. The molecule has 0 atom stereocenters. The molecule has 1 aromatic carbocycles. The number of anilines is 1. The third-order valence-corrected chi connectivity index (χ3v) is 1.94. The second-order valence-electron chi connectivity index (χ2n) is 3.47. The molecule has 4 N–H and O–H groups in total. The van der Waals surface area contributed by atoms with Crippen LogP contribution in [0, 0.1) is 10.1 Å². The topological polar surface area (TPSA) is 114 Å². The van der Waals surface area contributed by atoms with E-state index in [1.807, 2.05) is 0 Å². The first-order valence-electron chi connectivity index (χ1n) is 4.69. The minimum absolute atomic E-state index is 0.149. The minimum atomic E-state index is -0.609. The van der Waals surface area contributed by atoms with Crippen molar-refractivity contribution in [3.8, 4) is 0 Å². The summed E-state index contributed by atoms with van der Waals surface area (Å²) in [7, 11) is 3.28. The minimum Gasteiger partial charge on any atom is -0.318 e. The van der Waals surface area contributed by atoms with Gasteiger partial charge in [-0.05, 0) is 12.1 Å². The predicted octanol–water partition coefficient (Wildman–Crippen LogP) is 0.0868. The van der Waals surface area contributed by atoms with Gasteiger partial charge < -0.3 is 5.43 Å². The predicted molar refractivity (Wildman–Crippen MR) is 62.1 cm³/mol. The maximum atomic E-state index is 11.6. The number of nitro benzene ring substituents is 1. The van der Waals surface area contributed by atoms with Crippen LogP contribution in [-0.2, 0) is 0 Å². The molecule has 8 heteroatoms. The highest BCUT2D eigenvalue weighted by Gasteiger charge is 2.17. The van der Waals surface area contributed by atoms with Crippen LogP contribution in [0.15, 0.2) is 18.2 Å². The molecular weight excluding hydrogens is 226 g/mol. The summed E-state index contributed by atoms with van der Waals surface area (Å²) in [5, 5.41) is 12.2. The molecular formula is C9H13N5O3. The van der Waals surface area contributed by atoms with Crippen molar-refractivity contribution in [3.63, 3.8) is 0 Å². The van der Waals surface area contributed by atoms with Crippen molar-refractivity contribution in [1.82, 2.24) is 10.4 Å². The van der Waals surface area contributed by atoms with Crippen LogP contribution < -0.4 is 16.7 Å². The zero-order chi connectivity index (χ0) is 13.0. The Bertz CT molecular complexity index is 446. The fourth-order valence-corrected chi connectivity index (χ4v) is 1.21. The molecule has 1 rings (SSSR count). The number of carbonyl (C=O) groups excluding carboxylic acids is 1. The number of nitrogens with two attached hydrogens (primary N) is 1. The molecule has 1 aromatic rings. The molecule has 1 amide bonds. The van der Waals surface area contributed by atoms with Gasteiger partial charge in [-0.15, -0.1) is 0 Å². The number of benzene rings is 1. The molecule has 0 unspecified atom stereocenters. The Morgan fingerprint density at radius 2 is 2.12 bits per heavy atom. The van der Waals surface area contributed by atoms with Crippen molar-refractivity contribution in [1.29, 1.82) is 0 Å². The molecule has 0 aliphatic rings. The Balaban J connectivity index is 3.08. The number of carbonyl (C=O) groups is 1. The van der Waals surface area contributed by atoms with E-state index in [9.17, 15) is 14.9 Å². The van der Waals surface area contributed by atoms with Gasteiger partial charge in [-0.25, -0.2) is 5.01 Å². The van der Waals surface area contributed by atoms with Crippen LogP contribution in [0.25, 0.3) is 0 Å². The van der Waals surface area contributed by atoms with E-state index in [4.69, 9.17) is 5.84 Å². The summed E-state index contributed by atoms with van der Waals surface area (Å²) in [6.07, 6.45) is 0. The monoisotopic (exact) mass is 239 g/mol. The maximum absolute atomic E-state index is 11.6. The number of nitrogens with one attached hydrogen (secondary N) is 2. The molecule has 0 aliphatic carbocycles. The Labute approximate surface area is 97.5 Å². The third-order valence-electron chi connectivity index (χ3n) is 1.94. The highest BCUT2D eigenvalue weighted by molar-refractivity contribution is 5.95. The van der Waals surface area contributed by atoms with Crippen molar-refractivity contribution >= 4 is 17.3 Å². The number of amides is 1. The highest BCUT2D eigenvalue weighted by atomic mass is 16.6. The van der Waals surface area contributed by atoms with Gasteiger partial charge in [0.15, 0.2) is 0 Å². The quantitative estimate of drug-likeness (QED) is 0.389. The lowest BCUT2D eigenvalue weighted by atomic mass is 10.1. The summed E-state index contributed by atoms with van der Waals surface area (Å²) in [5.74, 6) is 4.70. The number of nitrogen functional groups attached to an aromatic ring is 1. The van der Waals surface area contributed by atoms with Gasteiger partial charge in [-0.1, -0.05) is 0 Å². The zero-order valence-corrected chi connectivity index (χ0v) is 9.43. The van der Waals surface area contributed by atoms with Gasteiger partial charge in [0.1, 0.15) is 5.69 Å². The van der Waals surface area contributed by atoms with Crippen LogP contribution in [0.3, 0.4) is 0 Å². The fraction of sp³-hybridized carbons (Fsp3) is 0.222. The summed E-state index contributed by atoms with van der Waals surface area (Å²) >= 11 is 0. The molecule has 92 valence electrons. The molecule has 0 saturated carbocycles. The van der Waals surface area contributed by atoms with Gasteiger partial charge >= 0.3 is 0 Å². The van der Waals surface area contributed by atoms with Crippen molar-refractivity contribution in [3.05, 3.63) is 33.9 Å².